The number of ether oxygens (including phenoxy) is 1. The number of benzene rings is 1. The monoisotopic (exact) mass is 249 g/mol. The van der Waals surface area contributed by atoms with Crippen LogP contribution in [0.3, 0.4) is 0 Å². The van der Waals surface area contributed by atoms with E-state index >= 15 is 0 Å². The molecule has 0 radical (unpaired) electrons. The van der Waals surface area contributed by atoms with Crippen molar-refractivity contribution in [1.29, 1.82) is 0 Å². The van der Waals surface area contributed by atoms with Crippen molar-refractivity contribution in [3.8, 4) is 5.75 Å². The standard InChI is InChI=1S/C13H15NO4/c1-18-10-5-3-2-4-9(10)8-14-11(15)13(6-7-13)12(16)17/h2-5H,6-8H2,1H3,(H,14,15)(H,16,17). The van der Waals surface area contributed by atoms with E-state index < -0.39 is 17.3 Å². The Morgan fingerprint density at radius 3 is 2.61 bits per heavy atom. The van der Waals surface area contributed by atoms with E-state index in [2.05, 4.69) is 5.32 Å². The number of methoxy groups -OCH3 is 1. The van der Waals surface area contributed by atoms with E-state index in [1.807, 2.05) is 18.2 Å². The van der Waals surface area contributed by atoms with Gasteiger partial charge in [-0.25, -0.2) is 0 Å². The lowest BCUT2D eigenvalue weighted by molar-refractivity contribution is -0.149. The fraction of sp³-hybridized carbons (Fsp3) is 0.385. The number of rotatable bonds is 5. The molecule has 1 aliphatic rings. The molecule has 2 rings (SSSR count). The molecule has 0 heterocycles. The maximum absolute atomic E-state index is 11.8. The van der Waals surface area contributed by atoms with Crippen molar-refractivity contribution in [2.75, 3.05) is 7.11 Å². The molecule has 0 spiro atoms. The Morgan fingerprint density at radius 2 is 2.06 bits per heavy atom. The van der Waals surface area contributed by atoms with Gasteiger partial charge in [0.2, 0.25) is 5.91 Å². The van der Waals surface area contributed by atoms with Gasteiger partial charge in [-0.05, 0) is 18.9 Å². The molecular weight excluding hydrogens is 234 g/mol. The van der Waals surface area contributed by atoms with E-state index in [-0.39, 0.29) is 6.54 Å². The Bertz CT molecular complexity index is 480. The molecule has 1 aromatic rings. The number of amides is 1. The van der Waals surface area contributed by atoms with Gasteiger partial charge < -0.3 is 15.2 Å². The molecule has 2 N–H and O–H groups in total. The van der Waals surface area contributed by atoms with Crippen molar-refractivity contribution < 1.29 is 19.4 Å². The van der Waals surface area contributed by atoms with Crippen molar-refractivity contribution in [3.05, 3.63) is 29.8 Å². The van der Waals surface area contributed by atoms with Crippen LogP contribution < -0.4 is 10.1 Å². The first-order valence-electron chi connectivity index (χ1n) is 5.74. The summed E-state index contributed by atoms with van der Waals surface area (Å²) in [6.07, 6.45) is 0.834. The average molecular weight is 249 g/mol. The highest BCUT2D eigenvalue weighted by molar-refractivity contribution is 6.04. The Balaban J connectivity index is 2.00. The minimum Gasteiger partial charge on any atom is -0.496 e. The molecule has 1 aliphatic carbocycles. The fourth-order valence-corrected chi connectivity index (χ4v) is 1.86. The number of carboxylic acids is 1. The molecule has 0 unspecified atom stereocenters. The quantitative estimate of drug-likeness (QED) is 0.768. The maximum Gasteiger partial charge on any atom is 0.319 e. The van der Waals surface area contributed by atoms with Gasteiger partial charge >= 0.3 is 5.97 Å². The summed E-state index contributed by atoms with van der Waals surface area (Å²) in [5.41, 5.74) is -0.364. The second-order valence-corrected chi connectivity index (χ2v) is 4.38. The number of aliphatic carboxylic acids is 1. The van der Waals surface area contributed by atoms with Gasteiger partial charge in [-0.2, -0.15) is 0 Å². The highest BCUT2D eigenvalue weighted by Gasteiger charge is 2.56. The summed E-state index contributed by atoms with van der Waals surface area (Å²) >= 11 is 0. The second kappa shape index (κ2) is 4.68. The van der Waals surface area contributed by atoms with Gasteiger partial charge in [0.1, 0.15) is 11.2 Å². The first-order valence-corrected chi connectivity index (χ1v) is 5.74. The third kappa shape index (κ3) is 2.16. The Kier molecular flexibility index (Phi) is 3.23. The van der Waals surface area contributed by atoms with Gasteiger partial charge in [0.25, 0.3) is 0 Å². The summed E-state index contributed by atoms with van der Waals surface area (Å²) in [6, 6.07) is 7.31. The van der Waals surface area contributed by atoms with E-state index in [1.54, 1.807) is 13.2 Å². The van der Waals surface area contributed by atoms with Gasteiger partial charge in [0.15, 0.2) is 0 Å². The summed E-state index contributed by atoms with van der Waals surface area (Å²) in [6.45, 7) is 0.276. The summed E-state index contributed by atoms with van der Waals surface area (Å²) in [5.74, 6) is -0.779. The Morgan fingerprint density at radius 1 is 1.39 bits per heavy atom. The first kappa shape index (κ1) is 12.4. The van der Waals surface area contributed by atoms with E-state index in [0.717, 1.165) is 5.56 Å². The lowest BCUT2D eigenvalue weighted by Gasteiger charge is -2.12. The second-order valence-electron chi connectivity index (χ2n) is 4.38. The predicted octanol–water partition coefficient (Wildman–Crippen LogP) is 1.18. The minimum atomic E-state index is -1.19. The highest BCUT2D eigenvalue weighted by Crippen LogP contribution is 2.46. The molecular formula is C13H15NO4. The molecule has 0 bridgehead atoms. The van der Waals surface area contributed by atoms with Crippen LogP contribution in [0.4, 0.5) is 0 Å². The third-order valence-corrected chi connectivity index (χ3v) is 3.23. The first-order chi connectivity index (χ1) is 8.60. The number of nitrogens with one attached hydrogen (secondary N) is 1. The van der Waals surface area contributed by atoms with Crippen LogP contribution in [-0.4, -0.2) is 24.1 Å². The van der Waals surface area contributed by atoms with Crippen LogP contribution in [0, 0.1) is 5.41 Å². The van der Waals surface area contributed by atoms with Crippen molar-refractivity contribution in [3.63, 3.8) is 0 Å². The topological polar surface area (TPSA) is 75.6 Å². The maximum atomic E-state index is 11.8. The lowest BCUT2D eigenvalue weighted by Crippen LogP contribution is -2.36. The van der Waals surface area contributed by atoms with E-state index in [1.165, 1.54) is 0 Å². The van der Waals surface area contributed by atoms with Crippen molar-refractivity contribution >= 4 is 11.9 Å². The smallest absolute Gasteiger partial charge is 0.319 e. The van der Waals surface area contributed by atoms with E-state index in [9.17, 15) is 9.59 Å². The van der Waals surface area contributed by atoms with Crippen molar-refractivity contribution in [1.82, 2.24) is 5.32 Å². The van der Waals surface area contributed by atoms with Crippen LogP contribution in [-0.2, 0) is 16.1 Å². The number of carbonyl (C=O) groups is 2. The largest absolute Gasteiger partial charge is 0.496 e. The molecule has 5 heteroatoms. The van der Waals surface area contributed by atoms with Gasteiger partial charge in [0.05, 0.1) is 7.11 Å². The number of carboxylic acid groups (broad SMARTS) is 1. The Hall–Kier alpha value is -2.04. The lowest BCUT2D eigenvalue weighted by atomic mass is 10.1. The molecule has 1 aromatic carbocycles. The summed E-state index contributed by atoms with van der Waals surface area (Å²) in [7, 11) is 1.56. The summed E-state index contributed by atoms with van der Waals surface area (Å²) in [5, 5.41) is 11.6. The summed E-state index contributed by atoms with van der Waals surface area (Å²) in [4.78, 5) is 22.8. The zero-order valence-corrected chi connectivity index (χ0v) is 10.1. The zero-order valence-electron chi connectivity index (χ0n) is 10.1. The van der Waals surface area contributed by atoms with Crippen LogP contribution in [0.15, 0.2) is 24.3 Å². The zero-order chi connectivity index (χ0) is 13.2. The molecule has 1 saturated carbocycles. The molecule has 96 valence electrons. The van der Waals surface area contributed by atoms with Crippen LogP contribution >= 0.6 is 0 Å². The van der Waals surface area contributed by atoms with E-state index in [4.69, 9.17) is 9.84 Å². The average Bonchev–Trinajstić information content (AvgIpc) is 3.17. The molecule has 1 fully saturated rings. The van der Waals surface area contributed by atoms with Gasteiger partial charge in [-0.1, -0.05) is 18.2 Å². The summed E-state index contributed by atoms with van der Waals surface area (Å²) < 4.78 is 5.16. The molecule has 0 aliphatic heterocycles. The van der Waals surface area contributed by atoms with Crippen molar-refractivity contribution in [2.24, 2.45) is 5.41 Å². The van der Waals surface area contributed by atoms with Crippen LogP contribution in [0.5, 0.6) is 5.75 Å². The molecule has 0 saturated heterocycles. The molecule has 5 nitrogen and oxygen atoms in total. The number of carbonyl (C=O) groups excluding carboxylic acids is 1. The normalized spacial score (nSPS) is 15.8. The van der Waals surface area contributed by atoms with Crippen molar-refractivity contribution in [2.45, 2.75) is 19.4 Å². The SMILES string of the molecule is COc1ccccc1CNC(=O)C1(C(=O)O)CC1. The molecule has 0 aromatic heterocycles. The van der Waals surface area contributed by atoms with Gasteiger partial charge in [-0.3, -0.25) is 9.59 Å². The molecule has 1 amide bonds. The van der Waals surface area contributed by atoms with E-state index in [0.29, 0.717) is 18.6 Å². The Labute approximate surface area is 105 Å². The minimum absolute atomic E-state index is 0.276. The van der Waals surface area contributed by atoms with Crippen LogP contribution in [0.1, 0.15) is 18.4 Å². The number of hydrogen-bond donors (Lipinski definition) is 2. The number of para-hydroxylation sites is 1. The molecule has 18 heavy (non-hydrogen) atoms. The highest BCUT2D eigenvalue weighted by atomic mass is 16.5. The van der Waals surface area contributed by atoms with Gasteiger partial charge in [0, 0.05) is 12.1 Å². The fourth-order valence-electron chi connectivity index (χ4n) is 1.86. The van der Waals surface area contributed by atoms with Crippen LogP contribution in [0.2, 0.25) is 0 Å². The van der Waals surface area contributed by atoms with Gasteiger partial charge in [-0.15, -0.1) is 0 Å². The van der Waals surface area contributed by atoms with Crippen LogP contribution in [0.25, 0.3) is 0 Å². The predicted molar refractivity (Wildman–Crippen MR) is 64.1 cm³/mol. The third-order valence-electron chi connectivity index (χ3n) is 3.23. The molecule has 0 atom stereocenters. The number of hydrogen-bond acceptors (Lipinski definition) is 3.